The van der Waals surface area contributed by atoms with E-state index in [0.717, 1.165) is 32.5 Å². The second-order valence-corrected chi connectivity index (χ2v) is 9.79. The summed E-state index contributed by atoms with van der Waals surface area (Å²) in [4.78, 5) is 31.0. The lowest BCUT2D eigenvalue weighted by Crippen LogP contribution is -2.51. The quantitative estimate of drug-likeness (QED) is 0.576. The van der Waals surface area contributed by atoms with Crippen molar-refractivity contribution >= 4 is 17.5 Å². The molecule has 2 amide bonds. The lowest BCUT2D eigenvalue weighted by Gasteiger charge is -2.37. The lowest BCUT2D eigenvalue weighted by molar-refractivity contribution is -0.130. The van der Waals surface area contributed by atoms with Crippen LogP contribution < -0.4 is 10.6 Å². The van der Waals surface area contributed by atoms with Gasteiger partial charge in [-0.15, -0.1) is 0 Å². The molecule has 0 radical (unpaired) electrons. The van der Waals surface area contributed by atoms with Crippen LogP contribution in [0, 0.1) is 17.7 Å². The molecule has 35 heavy (non-hydrogen) atoms. The van der Waals surface area contributed by atoms with Crippen LogP contribution >= 0.6 is 0 Å². The van der Waals surface area contributed by atoms with Gasteiger partial charge in [0.15, 0.2) is 0 Å². The lowest BCUT2D eigenvalue weighted by atomic mass is 9.87. The van der Waals surface area contributed by atoms with E-state index in [1.165, 1.54) is 24.1 Å². The number of benzene rings is 2. The second kappa shape index (κ2) is 12.3. The van der Waals surface area contributed by atoms with Gasteiger partial charge in [0.1, 0.15) is 5.82 Å². The maximum Gasteiger partial charge on any atom is 0.228 e. The van der Waals surface area contributed by atoms with Crippen LogP contribution in [0.25, 0.3) is 0 Å². The average molecular weight is 481 g/mol. The van der Waals surface area contributed by atoms with Gasteiger partial charge in [0.25, 0.3) is 0 Å². The highest BCUT2D eigenvalue weighted by Crippen LogP contribution is 2.25. The summed E-state index contributed by atoms with van der Waals surface area (Å²) < 4.78 is 13.3. The SMILES string of the molecule is CCN1CCC[C@@H]1CNC(=O)[C@H]1C[C@@H](C(=O)Nc2ccc(F)cc2)CN(CCc2ccccc2)C1. The topological polar surface area (TPSA) is 64.7 Å². The molecule has 3 atom stereocenters. The van der Waals surface area contributed by atoms with Gasteiger partial charge in [-0.3, -0.25) is 14.5 Å². The summed E-state index contributed by atoms with van der Waals surface area (Å²) in [6.45, 7) is 6.98. The van der Waals surface area contributed by atoms with Crippen molar-refractivity contribution in [2.45, 2.75) is 38.6 Å². The Labute approximate surface area is 207 Å². The number of rotatable bonds is 9. The van der Waals surface area contributed by atoms with E-state index < -0.39 is 0 Å². The van der Waals surface area contributed by atoms with Gasteiger partial charge < -0.3 is 15.5 Å². The summed E-state index contributed by atoms with van der Waals surface area (Å²) in [5.74, 6) is -0.962. The number of nitrogens with one attached hydrogen (secondary N) is 2. The van der Waals surface area contributed by atoms with Crippen LogP contribution in [0.15, 0.2) is 54.6 Å². The summed E-state index contributed by atoms with van der Waals surface area (Å²) >= 11 is 0. The molecule has 2 aromatic rings. The summed E-state index contributed by atoms with van der Waals surface area (Å²) in [6, 6.07) is 16.5. The van der Waals surface area contributed by atoms with Crippen molar-refractivity contribution in [2.24, 2.45) is 11.8 Å². The summed E-state index contributed by atoms with van der Waals surface area (Å²) in [5, 5.41) is 6.10. The molecule has 4 rings (SSSR count). The maximum atomic E-state index is 13.3. The Morgan fingerprint density at radius 3 is 2.43 bits per heavy atom. The fourth-order valence-corrected chi connectivity index (χ4v) is 5.37. The Kier molecular flexibility index (Phi) is 8.88. The van der Waals surface area contributed by atoms with Crippen LogP contribution in [0.5, 0.6) is 0 Å². The number of carbonyl (C=O) groups excluding carboxylic acids is 2. The Hall–Kier alpha value is -2.77. The van der Waals surface area contributed by atoms with Crippen molar-refractivity contribution in [1.29, 1.82) is 0 Å². The predicted octanol–water partition coefficient (Wildman–Crippen LogP) is 3.55. The van der Waals surface area contributed by atoms with Gasteiger partial charge >= 0.3 is 0 Å². The molecule has 2 fully saturated rings. The Morgan fingerprint density at radius 1 is 1.00 bits per heavy atom. The fraction of sp³-hybridized carbons (Fsp3) is 0.500. The van der Waals surface area contributed by atoms with Crippen LogP contribution in [-0.4, -0.2) is 66.9 Å². The molecular weight excluding hydrogens is 443 g/mol. The molecule has 2 aromatic carbocycles. The first kappa shape index (κ1) is 25.3. The molecule has 0 bridgehead atoms. The minimum Gasteiger partial charge on any atom is -0.354 e. The molecule has 2 N–H and O–H groups in total. The molecule has 0 aromatic heterocycles. The van der Waals surface area contributed by atoms with Gasteiger partial charge in [0, 0.05) is 37.9 Å². The predicted molar refractivity (Wildman–Crippen MR) is 136 cm³/mol. The van der Waals surface area contributed by atoms with Crippen molar-refractivity contribution in [3.8, 4) is 0 Å². The zero-order valence-electron chi connectivity index (χ0n) is 20.6. The first-order chi connectivity index (χ1) is 17.0. The number of hydrogen-bond acceptors (Lipinski definition) is 4. The van der Waals surface area contributed by atoms with Gasteiger partial charge in [0.2, 0.25) is 11.8 Å². The van der Waals surface area contributed by atoms with E-state index in [2.05, 4.69) is 39.5 Å². The zero-order valence-corrected chi connectivity index (χ0v) is 20.6. The smallest absolute Gasteiger partial charge is 0.228 e. The van der Waals surface area contributed by atoms with Crippen molar-refractivity contribution < 1.29 is 14.0 Å². The molecule has 0 saturated carbocycles. The molecule has 0 aliphatic carbocycles. The van der Waals surface area contributed by atoms with Gasteiger partial charge in [-0.25, -0.2) is 4.39 Å². The summed E-state index contributed by atoms with van der Waals surface area (Å²) in [6.07, 6.45) is 3.68. The van der Waals surface area contributed by atoms with Crippen LogP contribution in [0.2, 0.25) is 0 Å². The number of anilines is 1. The molecule has 188 valence electrons. The number of nitrogens with zero attached hydrogens (tertiary/aromatic N) is 2. The van der Waals surface area contributed by atoms with Crippen molar-refractivity contribution in [3.63, 3.8) is 0 Å². The highest BCUT2D eigenvalue weighted by Gasteiger charge is 2.35. The molecule has 0 unspecified atom stereocenters. The van der Waals surface area contributed by atoms with E-state index in [1.54, 1.807) is 12.1 Å². The standard InChI is InChI=1S/C28H37FN4O2/c1-2-33-15-6-9-26(33)18-30-27(34)22-17-23(28(35)31-25-12-10-24(29)11-13-25)20-32(19-22)16-14-21-7-4-3-5-8-21/h3-5,7-8,10-13,22-23,26H,2,6,9,14-20H2,1H3,(H,30,34)(H,31,35)/t22-,23+,26+/m0/s1. The third-order valence-electron chi connectivity index (χ3n) is 7.36. The van der Waals surface area contributed by atoms with Crippen LogP contribution in [0.1, 0.15) is 31.7 Å². The number of piperidine rings is 1. The number of amides is 2. The highest BCUT2D eigenvalue weighted by atomic mass is 19.1. The Balaban J connectivity index is 1.39. The van der Waals surface area contributed by atoms with Crippen molar-refractivity contribution in [3.05, 3.63) is 66.0 Å². The van der Waals surface area contributed by atoms with Gasteiger partial charge in [-0.1, -0.05) is 37.3 Å². The fourth-order valence-electron chi connectivity index (χ4n) is 5.37. The largest absolute Gasteiger partial charge is 0.354 e. The highest BCUT2D eigenvalue weighted by molar-refractivity contribution is 5.93. The van der Waals surface area contributed by atoms with Gasteiger partial charge in [-0.2, -0.15) is 0 Å². The van der Waals surface area contributed by atoms with E-state index in [0.29, 0.717) is 37.8 Å². The first-order valence-electron chi connectivity index (χ1n) is 12.9. The van der Waals surface area contributed by atoms with Gasteiger partial charge in [-0.05, 0) is 68.6 Å². The molecule has 2 aliphatic rings. The van der Waals surface area contributed by atoms with E-state index in [9.17, 15) is 14.0 Å². The van der Waals surface area contributed by atoms with E-state index in [4.69, 9.17) is 0 Å². The second-order valence-electron chi connectivity index (χ2n) is 9.79. The summed E-state index contributed by atoms with van der Waals surface area (Å²) in [5.41, 5.74) is 1.81. The van der Waals surface area contributed by atoms with Crippen LogP contribution in [0.4, 0.5) is 10.1 Å². The van der Waals surface area contributed by atoms with E-state index in [-0.39, 0.29) is 29.5 Å². The number of likely N-dealkylation sites (tertiary alicyclic amines) is 2. The summed E-state index contributed by atoms with van der Waals surface area (Å²) in [7, 11) is 0. The number of hydrogen-bond donors (Lipinski definition) is 2. The monoisotopic (exact) mass is 480 g/mol. The molecule has 7 heteroatoms. The minimum atomic E-state index is -0.339. The third-order valence-corrected chi connectivity index (χ3v) is 7.36. The Bertz CT molecular complexity index is 969. The first-order valence-corrected chi connectivity index (χ1v) is 12.9. The third kappa shape index (κ3) is 7.12. The molecule has 0 spiro atoms. The number of halogens is 1. The van der Waals surface area contributed by atoms with Crippen LogP contribution in [0.3, 0.4) is 0 Å². The molecule has 6 nitrogen and oxygen atoms in total. The minimum absolute atomic E-state index is 0.0388. The van der Waals surface area contributed by atoms with Gasteiger partial charge in [0.05, 0.1) is 11.8 Å². The van der Waals surface area contributed by atoms with E-state index >= 15 is 0 Å². The normalized spacial score (nSPS) is 23.2. The molecule has 2 aliphatic heterocycles. The molecule has 2 heterocycles. The Morgan fingerprint density at radius 2 is 1.71 bits per heavy atom. The zero-order chi connectivity index (χ0) is 24.6. The van der Waals surface area contributed by atoms with Crippen molar-refractivity contribution in [2.75, 3.05) is 44.6 Å². The average Bonchev–Trinajstić information content (AvgIpc) is 3.35. The van der Waals surface area contributed by atoms with Crippen LogP contribution in [-0.2, 0) is 16.0 Å². The molecular formula is C28H37FN4O2. The maximum absolute atomic E-state index is 13.3. The molecule has 2 saturated heterocycles. The number of likely N-dealkylation sites (N-methyl/N-ethyl adjacent to an activating group) is 1. The number of carbonyl (C=O) groups is 2. The van der Waals surface area contributed by atoms with E-state index in [1.807, 2.05) is 18.2 Å². The van der Waals surface area contributed by atoms with Crippen molar-refractivity contribution in [1.82, 2.24) is 15.1 Å².